The number of phenolic OH excluding ortho intramolecular Hbond substituents is 4. The summed E-state index contributed by atoms with van der Waals surface area (Å²) in [5.74, 6) is -0.640. The summed E-state index contributed by atoms with van der Waals surface area (Å²) in [5.41, 5.74) is 3.42. The number of fused-ring (bicyclic) bond motifs is 2. The summed E-state index contributed by atoms with van der Waals surface area (Å²) in [6.45, 7) is 5.53. The molecular formula is C28H26O7. The molecule has 0 saturated carbocycles. The van der Waals surface area contributed by atoms with Crippen LogP contribution in [0.5, 0.6) is 28.7 Å². The van der Waals surface area contributed by atoms with E-state index in [0.29, 0.717) is 44.7 Å². The molecule has 5 N–H and O–H groups in total. The molecule has 3 aromatic rings. The van der Waals surface area contributed by atoms with E-state index in [1.165, 1.54) is 25.3 Å². The van der Waals surface area contributed by atoms with Gasteiger partial charge in [0.1, 0.15) is 34.9 Å². The van der Waals surface area contributed by atoms with Crippen molar-refractivity contribution in [3.05, 3.63) is 75.4 Å². The second-order valence-corrected chi connectivity index (χ2v) is 9.72. The third-order valence-electron chi connectivity index (χ3n) is 7.26. The van der Waals surface area contributed by atoms with Crippen LogP contribution < -0.4 is 4.74 Å². The largest absolute Gasteiger partial charge is 0.508 e. The maximum atomic E-state index is 13.7. The van der Waals surface area contributed by atoms with Crippen LogP contribution in [0.2, 0.25) is 0 Å². The first-order chi connectivity index (χ1) is 16.4. The normalized spacial score (nSPS) is 18.1. The quantitative estimate of drug-likeness (QED) is 0.369. The Labute approximate surface area is 202 Å². The molecule has 0 radical (unpaired) electrons. The minimum Gasteiger partial charge on any atom is -0.508 e. The van der Waals surface area contributed by atoms with Crippen LogP contribution in [0.25, 0.3) is 11.1 Å². The molecule has 35 heavy (non-hydrogen) atoms. The summed E-state index contributed by atoms with van der Waals surface area (Å²) in [6, 6.07) is 8.69. The van der Waals surface area contributed by atoms with E-state index in [9.17, 15) is 30.3 Å². The lowest BCUT2D eigenvalue weighted by Gasteiger charge is -2.41. The van der Waals surface area contributed by atoms with Crippen LogP contribution in [0.3, 0.4) is 0 Å². The third kappa shape index (κ3) is 3.19. The van der Waals surface area contributed by atoms with E-state index in [1.54, 1.807) is 19.1 Å². The molecule has 180 valence electrons. The van der Waals surface area contributed by atoms with Crippen LogP contribution in [0, 0.1) is 6.92 Å². The number of ketones is 1. The van der Waals surface area contributed by atoms with Gasteiger partial charge in [-0.3, -0.25) is 4.79 Å². The Morgan fingerprint density at radius 1 is 0.914 bits per heavy atom. The van der Waals surface area contributed by atoms with Gasteiger partial charge in [0.25, 0.3) is 0 Å². The Hall–Kier alpha value is -3.97. The summed E-state index contributed by atoms with van der Waals surface area (Å²) in [5, 5.41) is 53.0. The number of carbonyl (C=O) groups excluding carboxylic acids is 1. The first-order valence-electron chi connectivity index (χ1n) is 11.2. The molecule has 2 aliphatic carbocycles. The van der Waals surface area contributed by atoms with Gasteiger partial charge in [-0.1, -0.05) is 13.8 Å². The van der Waals surface area contributed by atoms with Gasteiger partial charge in [-0.25, -0.2) is 0 Å². The summed E-state index contributed by atoms with van der Waals surface area (Å²) in [4.78, 5) is 13.7. The Morgan fingerprint density at radius 3 is 2.26 bits per heavy atom. The van der Waals surface area contributed by atoms with Crippen molar-refractivity contribution in [2.75, 3.05) is 7.11 Å². The van der Waals surface area contributed by atoms with Gasteiger partial charge < -0.3 is 30.3 Å². The van der Waals surface area contributed by atoms with Crippen molar-refractivity contribution in [1.82, 2.24) is 0 Å². The number of benzene rings is 3. The topological polar surface area (TPSA) is 127 Å². The van der Waals surface area contributed by atoms with Gasteiger partial charge in [0.05, 0.1) is 12.7 Å². The number of carbonyl (C=O) groups is 1. The zero-order valence-electron chi connectivity index (χ0n) is 19.8. The van der Waals surface area contributed by atoms with E-state index in [0.717, 1.165) is 6.07 Å². The number of Topliss-reactive ketones (excluding diaryl/α,β-unsaturated/α-hetero) is 1. The number of aromatic hydroxyl groups is 4. The second-order valence-electron chi connectivity index (χ2n) is 9.72. The van der Waals surface area contributed by atoms with Crippen molar-refractivity contribution in [2.45, 2.75) is 38.7 Å². The number of phenols is 4. The summed E-state index contributed by atoms with van der Waals surface area (Å²) < 4.78 is 5.50. The first-order valence-corrected chi connectivity index (χ1v) is 11.2. The molecule has 0 amide bonds. The van der Waals surface area contributed by atoms with E-state index in [2.05, 4.69) is 0 Å². The molecule has 1 unspecified atom stereocenters. The van der Waals surface area contributed by atoms with E-state index >= 15 is 0 Å². The SMILES string of the molecule is COc1cc(O)cc(C)c1-c1cc(O)cc2c1C(O)C1=C(C2)C(C)(C)c2cc(O)cc(O)c2C1=O. The molecule has 0 spiro atoms. The van der Waals surface area contributed by atoms with Crippen LogP contribution in [0.1, 0.15) is 52.6 Å². The number of allylic oxidation sites excluding steroid dienone is 1. The minimum absolute atomic E-state index is 0.0137. The van der Waals surface area contributed by atoms with Gasteiger partial charge in [-0.15, -0.1) is 0 Å². The highest BCUT2D eigenvalue weighted by molar-refractivity contribution is 6.15. The molecule has 0 aromatic heterocycles. The number of aliphatic hydroxyl groups is 1. The predicted molar refractivity (Wildman–Crippen MR) is 129 cm³/mol. The fourth-order valence-corrected chi connectivity index (χ4v) is 5.67. The smallest absolute Gasteiger partial charge is 0.196 e. The zero-order valence-corrected chi connectivity index (χ0v) is 19.8. The van der Waals surface area contributed by atoms with Crippen LogP contribution in [0.15, 0.2) is 47.5 Å². The Balaban J connectivity index is 1.79. The van der Waals surface area contributed by atoms with Gasteiger partial charge >= 0.3 is 0 Å². The van der Waals surface area contributed by atoms with Crippen molar-refractivity contribution in [1.29, 1.82) is 0 Å². The van der Waals surface area contributed by atoms with Gasteiger partial charge in [0, 0.05) is 28.7 Å². The fourth-order valence-electron chi connectivity index (χ4n) is 5.67. The summed E-state index contributed by atoms with van der Waals surface area (Å²) >= 11 is 0. The van der Waals surface area contributed by atoms with Crippen molar-refractivity contribution in [3.8, 4) is 39.9 Å². The first kappa shape index (κ1) is 22.8. The molecule has 0 heterocycles. The zero-order chi connectivity index (χ0) is 25.4. The molecule has 7 nitrogen and oxygen atoms in total. The molecule has 5 rings (SSSR count). The molecule has 0 aliphatic heterocycles. The molecule has 3 aromatic carbocycles. The summed E-state index contributed by atoms with van der Waals surface area (Å²) in [6.07, 6.45) is -1.06. The number of ether oxygens (including phenoxy) is 1. The van der Waals surface area contributed by atoms with Crippen molar-refractivity contribution in [2.24, 2.45) is 0 Å². The van der Waals surface area contributed by atoms with Crippen molar-refractivity contribution < 1.29 is 35.1 Å². The van der Waals surface area contributed by atoms with Crippen LogP contribution in [0.4, 0.5) is 0 Å². The van der Waals surface area contributed by atoms with Gasteiger partial charge in [0.15, 0.2) is 5.78 Å². The van der Waals surface area contributed by atoms with E-state index in [-0.39, 0.29) is 40.6 Å². The Morgan fingerprint density at radius 2 is 1.57 bits per heavy atom. The lowest BCUT2D eigenvalue weighted by Crippen LogP contribution is -2.36. The lowest BCUT2D eigenvalue weighted by atomic mass is 9.62. The number of aryl methyl sites for hydroxylation is 1. The van der Waals surface area contributed by atoms with E-state index < -0.39 is 17.3 Å². The van der Waals surface area contributed by atoms with E-state index in [4.69, 9.17) is 4.74 Å². The number of hydrogen-bond donors (Lipinski definition) is 5. The van der Waals surface area contributed by atoms with Gasteiger partial charge in [0.2, 0.25) is 0 Å². The van der Waals surface area contributed by atoms with Crippen molar-refractivity contribution >= 4 is 5.78 Å². The minimum atomic E-state index is -1.34. The van der Waals surface area contributed by atoms with Crippen LogP contribution >= 0.6 is 0 Å². The maximum absolute atomic E-state index is 13.7. The molecule has 0 fully saturated rings. The molecule has 7 heteroatoms. The highest BCUT2D eigenvalue weighted by atomic mass is 16.5. The molecule has 1 atom stereocenters. The fraction of sp³-hybridized carbons (Fsp3) is 0.250. The highest BCUT2D eigenvalue weighted by Gasteiger charge is 2.46. The standard InChI is InChI=1S/C28H26O7/c1-12-5-14(29)11-21(35-4)22(12)17-8-15(30)6-13-7-18-25(26(33)23(13)17)27(34)24-19(28(18,2)3)9-16(31)10-20(24)32/h5-6,8-11,26,29-33H,7H2,1-4H3. The monoisotopic (exact) mass is 474 g/mol. The van der Waals surface area contributed by atoms with Crippen molar-refractivity contribution in [3.63, 3.8) is 0 Å². The third-order valence-corrected chi connectivity index (χ3v) is 7.26. The number of methoxy groups -OCH3 is 1. The Kier molecular flexibility index (Phi) is 4.90. The van der Waals surface area contributed by atoms with Crippen LogP contribution in [-0.2, 0) is 11.8 Å². The molecule has 0 saturated heterocycles. The number of rotatable bonds is 2. The summed E-state index contributed by atoms with van der Waals surface area (Å²) in [7, 11) is 1.46. The van der Waals surface area contributed by atoms with Gasteiger partial charge in [-0.2, -0.15) is 0 Å². The molecule has 0 bridgehead atoms. The predicted octanol–water partition coefficient (Wildman–Crippen LogP) is 4.55. The van der Waals surface area contributed by atoms with Gasteiger partial charge in [-0.05, 0) is 71.0 Å². The second kappa shape index (κ2) is 7.52. The Bertz CT molecular complexity index is 1460. The lowest BCUT2D eigenvalue weighted by molar-refractivity contribution is 0.0967. The van der Waals surface area contributed by atoms with Crippen LogP contribution in [-0.4, -0.2) is 38.4 Å². The van der Waals surface area contributed by atoms with E-state index in [1.807, 2.05) is 13.8 Å². The molecule has 2 aliphatic rings. The average Bonchev–Trinajstić information content (AvgIpc) is 2.75. The number of aliphatic hydroxyl groups excluding tert-OH is 1. The highest BCUT2D eigenvalue weighted by Crippen LogP contribution is 2.54. The molecular weight excluding hydrogens is 448 g/mol. The number of hydrogen-bond acceptors (Lipinski definition) is 7. The average molecular weight is 475 g/mol. The maximum Gasteiger partial charge on any atom is 0.196 e.